The number of imide groups is 1. The maximum absolute atomic E-state index is 12.9. The van der Waals surface area contributed by atoms with Crippen molar-refractivity contribution in [2.24, 2.45) is 11.8 Å². The normalized spacial score (nSPS) is 27.9. The Morgan fingerprint density at radius 3 is 2.67 bits per heavy atom. The molecule has 3 saturated heterocycles. The van der Waals surface area contributed by atoms with Gasteiger partial charge in [-0.25, -0.2) is 0 Å². The highest BCUT2D eigenvalue weighted by Gasteiger charge is 2.40. The summed E-state index contributed by atoms with van der Waals surface area (Å²) in [4.78, 5) is 52.3. The van der Waals surface area contributed by atoms with Crippen LogP contribution in [-0.4, -0.2) is 72.3 Å². The van der Waals surface area contributed by atoms with Crippen molar-refractivity contribution in [2.45, 2.75) is 25.4 Å². The molecule has 0 bridgehead atoms. The van der Waals surface area contributed by atoms with Crippen LogP contribution in [0.3, 0.4) is 0 Å². The molecule has 4 amide bonds. The first-order valence-electron chi connectivity index (χ1n) is 10.4. The first-order valence-corrected chi connectivity index (χ1v) is 10.4. The lowest BCUT2D eigenvalue weighted by Gasteiger charge is -2.29. The fourth-order valence-electron chi connectivity index (χ4n) is 4.84. The predicted octanol–water partition coefficient (Wildman–Crippen LogP) is -0.0357. The fourth-order valence-corrected chi connectivity index (χ4v) is 4.84. The predicted molar refractivity (Wildman–Crippen MR) is 105 cm³/mol. The maximum Gasteiger partial charge on any atom is 0.255 e. The Bertz CT molecular complexity index is 920. The molecule has 0 aromatic heterocycles. The van der Waals surface area contributed by atoms with Crippen LogP contribution < -0.4 is 10.6 Å². The maximum atomic E-state index is 12.9. The van der Waals surface area contributed by atoms with Crippen LogP contribution in [0.15, 0.2) is 18.2 Å². The van der Waals surface area contributed by atoms with E-state index in [0.29, 0.717) is 36.1 Å². The molecule has 0 aliphatic carbocycles. The number of anilines is 1. The molecule has 9 heteroatoms. The van der Waals surface area contributed by atoms with Gasteiger partial charge in [0.2, 0.25) is 17.7 Å². The van der Waals surface area contributed by atoms with Gasteiger partial charge in [-0.1, -0.05) is 6.07 Å². The summed E-state index contributed by atoms with van der Waals surface area (Å²) < 4.78 is 5.45. The Labute approximate surface area is 173 Å². The van der Waals surface area contributed by atoms with Crippen molar-refractivity contribution in [3.63, 3.8) is 0 Å². The van der Waals surface area contributed by atoms with E-state index in [9.17, 15) is 19.2 Å². The van der Waals surface area contributed by atoms with Gasteiger partial charge in [-0.05, 0) is 24.1 Å². The van der Waals surface area contributed by atoms with Crippen LogP contribution in [0.25, 0.3) is 0 Å². The van der Waals surface area contributed by atoms with E-state index >= 15 is 0 Å². The topological polar surface area (TPSA) is 108 Å². The average molecular weight is 412 g/mol. The summed E-state index contributed by atoms with van der Waals surface area (Å²) in [7, 11) is 0. The highest BCUT2D eigenvalue weighted by molar-refractivity contribution is 6.05. The molecule has 30 heavy (non-hydrogen) atoms. The highest BCUT2D eigenvalue weighted by atomic mass is 16.5. The van der Waals surface area contributed by atoms with E-state index in [1.807, 2.05) is 17.0 Å². The van der Waals surface area contributed by atoms with Gasteiger partial charge in [0.05, 0.1) is 19.8 Å². The summed E-state index contributed by atoms with van der Waals surface area (Å²) >= 11 is 0. The smallest absolute Gasteiger partial charge is 0.255 e. The van der Waals surface area contributed by atoms with Crippen molar-refractivity contribution < 1.29 is 23.9 Å². The molecule has 0 radical (unpaired) electrons. The van der Waals surface area contributed by atoms with Crippen LogP contribution in [0.1, 0.15) is 28.8 Å². The minimum atomic E-state index is -0.626. The second-order valence-corrected chi connectivity index (χ2v) is 8.48. The zero-order valence-corrected chi connectivity index (χ0v) is 16.6. The Kier molecular flexibility index (Phi) is 4.69. The zero-order chi connectivity index (χ0) is 20.8. The number of likely N-dealkylation sites (tertiary alicyclic amines) is 1. The number of nitrogens with zero attached hydrogens (tertiary/aromatic N) is 2. The van der Waals surface area contributed by atoms with E-state index in [0.717, 1.165) is 31.9 Å². The van der Waals surface area contributed by atoms with Crippen molar-refractivity contribution in [1.29, 1.82) is 0 Å². The van der Waals surface area contributed by atoms with Crippen molar-refractivity contribution in [3.05, 3.63) is 29.3 Å². The Morgan fingerprint density at radius 1 is 1.17 bits per heavy atom. The van der Waals surface area contributed by atoms with Gasteiger partial charge in [-0.3, -0.25) is 24.5 Å². The third-order valence-corrected chi connectivity index (χ3v) is 6.56. The van der Waals surface area contributed by atoms with Gasteiger partial charge in [-0.15, -0.1) is 0 Å². The van der Waals surface area contributed by atoms with Gasteiger partial charge in [0.15, 0.2) is 0 Å². The molecule has 4 aliphatic rings. The average Bonchev–Trinajstić information content (AvgIpc) is 3.40. The summed E-state index contributed by atoms with van der Waals surface area (Å²) in [6, 6.07) is 4.81. The monoisotopic (exact) mass is 412 g/mol. The Morgan fingerprint density at radius 2 is 1.93 bits per heavy atom. The Balaban J connectivity index is 1.21. The third kappa shape index (κ3) is 3.32. The lowest BCUT2D eigenvalue weighted by atomic mass is 10.0. The van der Waals surface area contributed by atoms with E-state index in [1.54, 1.807) is 6.07 Å². The molecule has 4 aliphatic heterocycles. The molecule has 158 valence electrons. The minimum absolute atomic E-state index is 0.0430. The van der Waals surface area contributed by atoms with Crippen LogP contribution in [-0.2, 0) is 25.7 Å². The van der Waals surface area contributed by atoms with Crippen LogP contribution in [0.2, 0.25) is 0 Å². The molecule has 3 fully saturated rings. The number of benzene rings is 1. The number of carbonyl (C=O) groups excluding carboxylic acids is 4. The molecule has 2 N–H and O–H groups in total. The van der Waals surface area contributed by atoms with Crippen LogP contribution in [0.4, 0.5) is 5.69 Å². The molecule has 0 spiro atoms. The molecule has 1 aromatic rings. The van der Waals surface area contributed by atoms with Crippen molar-refractivity contribution in [3.8, 4) is 0 Å². The molecule has 0 saturated carbocycles. The minimum Gasteiger partial charge on any atom is -0.381 e. The first-order chi connectivity index (χ1) is 14.5. The number of hydrogen-bond donors (Lipinski definition) is 2. The fraction of sp³-hybridized carbons (Fsp3) is 0.524. The third-order valence-electron chi connectivity index (χ3n) is 6.56. The Hall–Kier alpha value is -2.94. The lowest BCUT2D eigenvalue weighted by Crippen LogP contribution is -2.52. The summed E-state index contributed by atoms with van der Waals surface area (Å²) in [6.07, 6.45) is 0.572. The molecule has 4 heterocycles. The first kappa shape index (κ1) is 19.0. The summed E-state index contributed by atoms with van der Waals surface area (Å²) in [5.41, 5.74) is 2.07. The summed E-state index contributed by atoms with van der Waals surface area (Å²) in [5, 5.41) is 5.43. The molecule has 3 atom stereocenters. The molecular weight excluding hydrogens is 388 g/mol. The van der Waals surface area contributed by atoms with Gasteiger partial charge in [0.25, 0.3) is 5.91 Å². The van der Waals surface area contributed by atoms with Crippen molar-refractivity contribution in [1.82, 2.24) is 15.1 Å². The number of piperidine rings is 1. The van der Waals surface area contributed by atoms with E-state index in [2.05, 4.69) is 10.6 Å². The van der Waals surface area contributed by atoms with Crippen LogP contribution >= 0.6 is 0 Å². The number of fused-ring (bicyclic) bond motifs is 2. The number of ether oxygens (including phenoxy) is 1. The van der Waals surface area contributed by atoms with Crippen LogP contribution in [0, 0.1) is 11.8 Å². The molecule has 1 aromatic carbocycles. The van der Waals surface area contributed by atoms with E-state index in [1.165, 1.54) is 4.90 Å². The standard InChI is InChI=1S/C21H24N4O5/c26-18-4-3-17(20(28)23-18)25-9-12-1-2-15(5-16(12)21(25)29)22-6-19(27)24-7-13-10-30-11-14(13)8-24/h1-2,5,13-14,17,22H,3-4,6-11H2,(H,23,26,28). The second kappa shape index (κ2) is 7.39. The highest BCUT2D eigenvalue weighted by Crippen LogP contribution is 2.30. The number of nitrogens with one attached hydrogen (secondary N) is 2. The van der Waals surface area contributed by atoms with E-state index in [4.69, 9.17) is 4.74 Å². The summed E-state index contributed by atoms with van der Waals surface area (Å²) in [5.74, 6) is 0.000696. The van der Waals surface area contributed by atoms with Gasteiger partial charge in [0, 0.05) is 49.1 Å². The largest absolute Gasteiger partial charge is 0.381 e. The lowest BCUT2D eigenvalue weighted by molar-refractivity contribution is -0.137. The number of carbonyl (C=O) groups is 4. The number of amides is 4. The molecule has 5 rings (SSSR count). The second-order valence-electron chi connectivity index (χ2n) is 8.48. The summed E-state index contributed by atoms with van der Waals surface area (Å²) in [6.45, 7) is 3.48. The number of hydrogen-bond acceptors (Lipinski definition) is 6. The quantitative estimate of drug-likeness (QED) is 0.672. The van der Waals surface area contributed by atoms with Gasteiger partial charge in [0.1, 0.15) is 6.04 Å². The van der Waals surface area contributed by atoms with Crippen molar-refractivity contribution >= 4 is 29.3 Å². The van der Waals surface area contributed by atoms with Gasteiger partial charge in [-0.2, -0.15) is 0 Å². The SMILES string of the molecule is O=C1CCC(N2Cc3ccc(NCC(=O)N4CC5COCC5C4)cc3C2=O)C(=O)N1. The molecule has 9 nitrogen and oxygen atoms in total. The number of rotatable bonds is 4. The van der Waals surface area contributed by atoms with Crippen LogP contribution in [0.5, 0.6) is 0 Å². The van der Waals surface area contributed by atoms with E-state index in [-0.39, 0.29) is 30.7 Å². The molecule has 3 unspecified atom stereocenters. The molecular formula is C21H24N4O5. The van der Waals surface area contributed by atoms with Gasteiger partial charge < -0.3 is 19.9 Å². The van der Waals surface area contributed by atoms with Gasteiger partial charge >= 0.3 is 0 Å². The zero-order valence-electron chi connectivity index (χ0n) is 16.6. The van der Waals surface area contributed by atoms with E-state index < -0.39 is 11.9 Å². The van der Waals surface area contributed by atoms with Crippen molar-refractivity contribution in [2.75, 3.05) is 38.2 Å².